The van der Waals surface area contributed by atoms with Gasteiger partial charge in [-0.15, -0.1) is 0 Å². The third-order valence-electron chi connectivity index (χ3n) is 2.21. The maximum atomic E-state index is 11.8. The third kappa shape index (κ3) is 3.34. The second-order valence-electron chi connectivity index (χ2n) is 3.43. The van der Waals surface area contributed by atoms with Gasteiger partial charge in [0.15, 0.2) is 0 Å². The van der Waals surface area contributed by atoms with Gasteiger partial charge < -0.3 is 10.2 Å². The van der Waals surface area contributed by atoms with Crippen molar-refractivity contribution in [2.24, 2.45) is 0 Å². The van der Waals surface area contributed by atoms with E-state index in [1.54, 1.807) is 31.1 Å². The largest absolute Gasteiger partial charge is 0.358 e. The van der Waals surface area contributed by atoms with Gasteiger partial charge in [0.05, 0.1) is 0 Å². The Kier molecular flexibility index (Phi) is 4.49. The van der Waals surface area contributed by atoms with Crippen molar-refractivity contribution in [3.8, 4) is 0 Å². The van der Waals surface area contributed by atoms with Crippen molar-refractivity contribution in [2.75, 3.05) is 18.9 Å². The Balaban J connectivity index is 2.64. The molecular formula is C10H15ClN4O. The summed E-state index contributed by atoms with van der Waals surface area (Å²) in [5, 5.41) is 3.13. The van der Waals surface area contributed by atoms with E-state index in [-0.39, 0.29) is 17.2 Å². The van der Waals surface area contributed by atoms with Gasteiger partial charge in [-0.25, -0.2) is 9.97 Å². The van der Waals surface area contributed by atoms with Gasteiger partial charge in [-0.05, 0) is 31.5 Å². The number of rotatable bonds is 4. The summed E-state index contributed by atoms with van der Waals surface area (Å²) in [5.41, 5.74) is 0. The molecule has 1 amide bonds. The summed E-state index contributed by atoms with van der Waals surface area (Å²) in [5.74, 6) is 0.558. The van der Waals surface area contributed by atoms with Crippen LogP contribution in [-0.4, -0.2) is 40.4 Å². The predicted molar refractivity (Wildman–Crippen MR) is 63.4 cm³/mol. The van der Waals surface area contributed by atoms with Crippen molar-refractivity contribution in [1.29, 1.82) is 0 Å². The Morgan fingerprint density at radius 2 is 2.38 bits per heavy atom. The van der Waals surface area contributed by atoms with Gasteiger partial charge in [0.25, 0.3) is 0 Å². The maximum Gasteiger partial charge on any atom is 0.244 e. The van der Waals surface area contributed by atoms with Gasteiger partial charge >= 0.3 is 0 Å². The summed E-state index contributed by atoms with van der Waals surface area (Å²) in [6.07, 6.45) is 1.54. The summed E-state index contributed by atoms with van der Waals surface area (Å²) in [4.78, 5) is 21.1. The zero-order valence-corrected chi connectivity index (χ0v) is 10.3. The predicted octanol–water partition coefficient (Wildman–Crippen LogP) is 1.41. The fraction of sp³-hybridized carbons (Fsp3) is 0.500. The number of likely N-dealkylation sites (N-methyl/N-ethyl adjacent to an activating group) is 1. The minimum Gasteiger partial charge on any atom is -0.358 e. The van der Waals surface area contributed by atoms with Crippen molar-refractivity contribution in [2.45, 2.75) is 19.9 Å². The maximum absolute atomic E-state index is 11.8. The Labute approximate surface area is 99.8 Å². The lowest BCUT2D eigenvalue weighted by Gasteiger charge is -2.20. The number of carbonyl (C=O) groups is 1. The van der Waals surface area contributed by atoms with Crippen molar-refractivity contribution >= 4 is 23.3 Å². The normalized spacial score (nSPS) is 12.0. The monoisotopic (exact) mass is 242 g/mol. The molecule has 0 spiro atoms. The average molecular weight is 243 g/mol. The van der Waals surface area contributed by atoms with Gasteiger partial charge in [0.2, 0.25) is 11.2 Å². The highest BCUT2D eigenvalue weighted by molar-refractivity contribution is 6.28. The molecule has 0 aliphatic carbocycles. The molecular weight excluding hydrogens is 228 g/mol. The molecule has 1 heterocycles. The number of aromatic nitrogens is 2. The molecule has 16 heavy (non-hydrogen) atoms. The fourth-order valence-corrected chi connectivity index (χ4v) is 1.33. The molecule has 1 aromatic heterocycles. The van der Waals surface area contributed by atoms with Crippen LogP contribution in [0.1, 0.15) is 13.8 Å². The molecule has 6 heteroatoms. The number of hydrogen-bond acceptors (Lipinski definition) is 4. The van der Waals surface area contributed by atoms with Crippen LogP contribution in [0.25, 0.3) is 0 Å². The molecule has 0 bridgehead atoms. The lowest BCUT2D eigenvalue weighted by atomic mass is 10.3. The minimum atomic E-state index is -0.337. The molecule has 1 rings (SSSR count). The highest BCUT2D eigenvalue weighted by atomic mass is 35.5. The third-order valence-corrected chi connectivity index (χ3v) is 2.39. The lowest BCUT2D eigenvalue weighted by molar-refractivity contribution is -0.130. The molecule has 1 N–H and O–H groups in total. The van der Waals surface area contributed by atoms with Gasteiger partial charge in [0, 0.05) is 19.8 Å². The van der Waals surface area contributed by atoms with Crippen LogP contribution in [0, 0.1) is 0 Å². The van der Waals surface area contributed by atoms with E-state index in [4.69, 9.17) is 11.6 Å². The van der Waals surface area contributed by atoms with Crippen LogP contribution in [0.15, 0.2) is 12.3 Å². The second kappa shape index (κ2) is 5.65. The van der Waals surface area contributed by atoms with Gasteiger partial charge in [-0.1, -0.05) is 0 Å². The number of anilines is 1. The van der Waals surface area contributed by atoms with Crippen molar-refractivity contribution < 1.29 is 4.79 Å². The molecule has 88 valence electrons. The standard InChI is InChI=1S/C10H15ClN4O/c1-4-15(3)9(16)7(2)13-8-5-6-12-10(11)14-8/h5-7H,4H2,1-3H3,(H,12,13,14). The first kappa shape index (κ1) is 12.7. The molecule has 0 fully saturated rings. The second-order valence-corrected chi connectivity index (χ2v) is 3.77. The Morgan fingerprint density at radius 1 is 1.69 bits per heavy atom. The van der Waals surface area contributed by atoms with Crippen LogP contribution in [0.5, 0.6) is 0 Å². The first-order valence-electron chi connectivity index (χ1n) is 5.04. The molecule has 5 nitrogen and oxygen atoms in total. The van der Waals surface area contributed by atoms with E-state index in [0.717, 1.165) is 0 Å². The Bertz CT molecular complexity index is 372. The van der Waals surface area contributed by atoms with Crippen LogP contribution >= 0.6 is 11.6 Å². The Morgan fingerprint density at radius 3 is 2.94 bits per heavy atom. The summed E-state index contributed by atoms with van der Waals surface area (Å²) < 4.78 is 0. The molecule has 0 aromatic carbocycles. The molecule has 0 aliphatic rings. The van der Waals surface area contributed by atoms with Crippen molar-refractivity contribution in [3.05, 3.63) is 17.5 Å². The van der Waals surface area contributed by atoms with Gasteiger partial charge in [0.1, 0.15) is 11.9 Å². The van der Waals surface area contributed by atoms with Crippen LogP contribution in [-0.2, 0) is 4.79 Å². The summed E-state index contributed by atoms with van der Waals surface area (Å²) in [7, 11) is 1.76. The number of hydrogen-bond donors (Lipinski definition) is 1. The molecule has 0 aliphatic heterocycles. The van der Waals surface area contributed by atoms with Crippen LogP contribution in [0.3, 0.4) is 0 Å². The fourth-order valence-electron chi connectivity index (χ4n) is 1.19. The molecule has 1 unspecified atom stereocenters. The molecule has 0 saturated heterocycles. The quantitative estimate of drug-likeness (QED) is 0.811. The van der Waals surface area contributed by atoms with Crippen LogP contribution in [0.2, 0.25) is 5.28 Å². The van der Waals surface area contributed by atoms with E-state index < -0.39 is 0 Å². The molecule has 0 radical (unpaired) electrons. The smallest absolute Gasteiger partial charge is 0.244 e. The lowest BCUT2D eigenvalue weighted by Crippen LogP contribution is -2.39. The van der Waals surface area contributed by atoms with E-state index in [1.165, 1.54) is 0 Å². The number of nitrogens with one attached hydrogen (secondary N) is 1. The topological polar surface area (TPSA) is 58.1 Å². The highest BCUT2D eigenvalue weighted by Gasteiger charge is 2.16. The highest BCUT2D eigenvalue weighted by Crippen LogP contribution is 2.08. The summed E-state index contributed by atoms with van der Waals surface area (Å²) in [6, 6.07) is 1.33. The Hall–Kier alpha value is -1.36. The zero-order chi connectivity index (χ0) is 12.1. The zero-order valence-electron chi connectivity index (χ0n) is 9.57. The van der Waals surface area contributed by atoms with Gasteiger partial charge in [-0.3, -0.25) is 4.79 Å². The van der Waals surface area contributed by atoms with E-state index in [2.05, 4.69) is 15.3 Å². The summed E-state index contributed by atoms with van der Waals surface area (Å²) in [6.45, 7) is 4.38. The number of carbonyl (C=O) groups excluding carboxylic acids is 1. The van der Waals surface area contributed by atoms with E-state index in [0.29, 0.717) is 12.4 Å². The average Bonchev–Trinajstić information content (AvgIpc) is 2.27. The minimum absolute atomic E-state index is 0.0113. The first-order chi connectivity index (χ1) is 7.54. The molecule has 1 atom stereocenters. The van der Waals surface area contributed by atoms with Gasteiger partial charge in [-0.2, -0.15) is 0 Å². The van der Waals surface area contributed by atoms with E-state index in [1.807, 2.05) is 6.92 Å². The number of halogens is 1. The number of amides is 1. The van der Waals surface area contributed by atoms with Crippen LogP contribution < -0.4 is 5.32 Å². The summed E-state index contributed by atoms with van der Waals surface area (Å²) >= 11 is 5.64. The first-order valence-corrected chi connectivity index (χ1v) is 5.42. The van der Waals surface area contributed by atoms with E-state index >= 15 is 0 Å². The number of nitrogens with zero attached hydrogens (tertiary/aromatic N) is 3. The SMILES string of the molecule is CCN(C)C(=O)C(C)Nc1ccnc(Cl)n1. The van der Waals surface area contributed by atoms with Crippen molar-refractivity contribution in [1.82, 2.24) is 14.9 Å². The van der Waals surface area contributed by atoms with E-state index in [9.17, 15) is 4.79 Å². The molecule has 0 saturated carbocycles. The van der Waals surface area contributed by atoms with Crippen molar-refractivity contribution in [3.63, 3.8) is 0 Å². The van der Waals surface area contributed by atoms with Crippen LogP contribution in [0.4, 0.5) is 5.82 Å². The molecule has 1 aromatic rings.